The van der Waals surface area contributed by atoms with Gasteiger partial charge < -0.3 is 10.4 Å². The first-order valence-electron chi connectivity index (χ1n) is 5.74. The molecular formula is C14H11FN2O3. The van der Waals surface area contributed by atoms with E-state index >= 15 is 0 Å². The Morgan fingerprint density at radius 1 is 1.25 bits per heavy atom. The molecule has 2 rings (SSSR count). The molecule has 0 radical (unpaired) electrons. The number of halogens is 1. The van der Waals surface area contributed by atoms with E-state index < -0.39 is 17.7 Å². The third kappa shape index (κ3) is 2.97. The lowest BCUT2D eigenvalue weighted by Crippen LogP contribution is -2.14. The number of nitrogens with one attached hydrogen (secondary N) is 1. The first-order chi connectivity index (χ1) is 9.47. The van der Waals surface area contributed by atoms with Crippen molar-refractivity contribution in [3.63, 3.8) is 0 Å². The van der Waals surface area contributed by atoms with E-state index in [2.05, 4.69) is 10.3 Å². The van der Waals surface area contributed by atoms with E-state index in [1.165, 1.54) is 36.5 Å². The van der Waals surface area contributed by atoms with Gasteiger partial charge in [-0.3, -0.25) is 4.79 Å². The highest BCUT2D eigenvalue weighted by Crippen LogP contribution is 2.16. The molecule has 0 aliphatic rings. The average molecular weight is 274 g/mol. The molecule has 0 bridgehead atoms. The molecule has 0 atom stereocenters. The van der Waals surface area contributed by atoms with Crippen molar-refractivity contribution >= 4 is 17.6 Å². The Kier molecular flexibility index (Phi) is 3.74. The SMILES string of the molecule is Cc1cc(F)ccc1NC(=O)c1ccnc(C(=O)O)c1. The van der Waals surface area contributed by atoms with Crippen LogP contribution in [0.15, 0.2) is 36.5 Å². The number of rotatable bonds is 3. The molecule has 0 fully saturated rings. The molecule has 0 unspecified atom stereocenters. The van der Waals surface area contributed by atoms with E-state index in [1.807, 2.05) is 0 Å². The fourth-order valence-corrected chi connectivity index (χ4v) is 1.65. The van der Waals surface area contributed by atoms with Gasteiger partial charge in [0.1, 0.15) is 11.5 Å². The largest absolute Gasteiger partial charge is 0.477 e. The molecule has 2 N–H and O–H groups in total. The number of hydrogen-bond donors (Lipinski definition) is 2. The van der Waals surface area contributed by atoms with Crippen LogP contribution in [-0.4, -0.2) is 22.0 Å². The summed E-state index contributed by atoms with van der Waals surface area (Å²) in [5, 5.41) is 11.4. The van der Waals surface area contributed by atoms with Crippen LogP contribution in [0.3, 0.4) is 0 Å². The fourth-order valence-electron chi connectivity index (χ4n) is 1.65. The molecule has 20 heavy (non-hydrogen) atoms. The number of carbonyl (C=O) groups excluding carboxylic acids is 1. The topological polar surface area (TPSA) is 79.3 Å². The molecule has 0 aliphatic heterocycles. The predicted octanol–water partition coefficient (Wildman–Crippen LogP) is 2.48. The zero-order valence-corrected chi connectivity index (χ0v) is 10.6. The van der Waals surface area contributed by atoms with Gasteiger partial charge in [-0.1, -0.05) is 0 Å². The minimum absolute atomic E-state index is 0.168. The third-order valence-electron chi connectivity index (χ3n) is 2.68. The second kappa shape index (κ2) is 5.48. The Morgan fingerprint density at radius 2 is 2.00 bits per heavy atom. The number of aromatic carboxylic acids is 1. The summed E-state index contributed by atoms with van der Waals surface area (Å²) in [6.45, 7) is 1.66. The zero-order valence-electron chi connectivity index (χ0n) is 10.6. The number of nitrogens with zero attached hydrogens (tertiary/aromatic N) is 1. The van der Waals surface area contributed by atoms with Crippen LogP contribution in [0.25, 0.3) is 0 Å². The molecule has 0 aliphatic carbocycles. The number of aromatic nitrogens is 1. The van der Waals surface area contributed by atoms with Crippen LogP contribution in [-0.2, 0) is 0 Å². The van der Waals surface area contributed by atoms with Crippen LogP contribution >= 0.6 is 0 Å². The Balaban J connectivity index is 2.24. The van der Waals surface area contributed by atoms with E-state index in [4.69, 9.17) is 5.11 Å². The summed E-state index contributed by atoms with van der Waals surface area (Å²) in [7, 11) is 0. The van der Waals surface area contributed by atoms with Gasteiger partial charge in [0.2, 0.25) is 0 Å². The van der Waals surface area contributed by atoms with Crippen LogP contribution in [0.4, 0.5) is 10.1 Å². The first-order valence-corrected chi connectivity index (χ1v) is 5.74. The molecule has 1 heterocycles. The van der Waals surface area contributed by atoms with Crippen molar-refractivity contribution in [2.45, 2.75) is 6.92 Å². The highest BCUT2D eigenvalue weighted by molar-refractivity contribution is 6.05. The molecule has 1 aromatic heterocycles. The van der Waals surface area contributed by atoms with Gasteiger partial charge in [-0.15, -0.1) is 0 Å². The summed E-state index contributed by atoms with van der Waals surface area (Å²) in [5.41, 5.74) is 0.991. The van der Waals surface area contributed by atoms with Gasteiger partial charge in [0.25, 0.3) is 5.91 Å². The standard InChI is InChI=1S/C14H11FN2O3/c1-8-6-10(15)2-3-11(8)17-13(18)9-4-5-16-12(7-9)14(19)20/h2-7H,1H3,(H,17,18)(H,19,20). The summed E-state index contributed by atoms with van der Waals surface area (Å²) in [6.07, 6.45) is 1.25. The van der Waals surface area contributed by atoms with Gasteiger partial charge in [0.05, 0.1) is 0 Å². The van der Waals surface area contributed by atoms with E-state index in [0.717, 1.165) is 0 Å². The second-order valence-corrected chi connectivity index (χ2v) is 4.15. The Morgan fingerprint density at radius 3 is 2.65 bits per heavy atom. The monoisotopic (exact) mass is 274 g/mol. The number of benzene rings is 1. The average Bonchev–Trinajstić information content (AvgIpc) is 2.42. The van der Waals surface area contributed by atoms with Gasteiger partial charge in [-0.2, -0.15) is 0 Å². The number of hydrogen-bond acceptors (Lipinski definition) is 3. The maximum atomic E-state index is 13.0. The van der Waals surface area contributed by atoms with Crippen LogP contribution in [0.5, 0.6) is 0 Å². The van der Waals surface area contributed by atoms with Crippen molar-refractivity contribution in [1.29, 1.82) is 0 Å². The predicted molar refractivity (Wildman–Crippen MR) is 70.3 cm³/mol. The number of pyridine rings is 1. The van der Waals surface area contributed by atoms with Crippen molar-refractivity contribution in [1.82, 2.24) is 4.98 Å². The number of carbonyl (C=O) groups is 2. The van der Waals surface area contributed by atoms with Crippen LogP contribution in [0.1, 0.15) is 26.4 Å². The maximum absolute atomic E-state index is 13.0. The van der Waals surface area contributed by atoms with Crippen molar-refractivity contribution in [2.75, 3.05) is 5.32 Å². The summed E-state index contributed by atoms with van der Waals surface area (Å²) in [4.78, 5) is 26.4. The Labute approximate surface area is 114 Å². The Hall–Kier alpha value is -2.76. The molecule has 1 aromatic carbocycles. The number of carboxylic acid groups (broad SMARTS) is 1. The van der Waals surface area contributed by atoms with Gasteiger partial charge >= 0.3 is 5.97 Å². The lowest BCUT2D eigenvalue weighted by atomic mass is 10.1. The molecule has 102 valence electrons. The second-order valence-electron chi connectivity index (χ2n) is 4.15. The highest BCUT2D eigenvalue weighted by atomic mass is 19.1. The smallest absolute Gasteiger partial charge is 0.354 e. The van der Waals surface area contributed by atoms with Gasteiger partial charge in [0.15, 0.2) is 0 Å². The highest BCUT2D eigenvalue weighted by Gasteiger charge is 2.11. The molecular weight excluding hydrogens is 263 g/mol. The fraction of sp³-hybridized carbons (Fsp3) is 0.0714. The van der Waals surface area contributed by atoms with Gasteiger partial charge in [-0.05, 0) is 42.8 Å². The quantitative estimate of drug-likeness (QED) is 0.901. The van der Waals surface area contributed by atoms with Gasteiger partial charge in [0, 0.05) is 17.4 Å². The van der Waals surface area contributed by atoms with E-state index in [0.29, 0.717) is 11.3 Å². The van der Waals surface area contributed by atoms with Crippen molar-refractivity contribution in [3.05, 3.63) is 59.2 Å². The van der Waals surface area contributed by atoms with E-state index in [-0.39, 0.29) is 11.3 Å². The van der Waals surface area contributed by atoms with Crippen molar-refractivity contribution in [2.24, 2.45) is 0 Å². The van der Waals surface area contributed by atoms with E-state index in [1.54, 1.807) is 6.92 Å². The number of anilines is 1. The van der Waals surface area contributed by atoms with Crippen LogP contribution in [0, 0.1) is 12.7 Å². The molecule has 2 aromatic rings. The normalized spacial score (nSPS) is 10.1. The van der Waals surface area contributed by atoms with Crippen molar-refractivity contribution < 1.29 is 19.1 Å². The lowest BCUT2D eigenvalue weighted by molar-refractivity contribution is 0.0690. The van der Waals surface area contributed by atoms with Crippen LogP contribution < -0.4 is 5.32 Å². The minimum atomic E-state index is -1.21. The first kappa shape index (κ1) is 13.7. The van der Waals surface area contributed by atoms with Crippen LogP contribution in [0.2, 0.25) is 0 Å². The molecule has 0 spiro atoms. The minimum Gasteiger partial charge on any atom is -0.477 e. The molecule has 1 amide bonds. The van der Waals surface area contributed by atoms with Gasteiger partial charge in [-0.25, -0.2) is 14.2 Å². The number of carboxylic acids is 1. The molecule has 5 nitrogen and oxygen atoms in total. The van der Waals surface area contributed by atoms with E-state index in [9.17, 15) is 14.0 Å². The Bertz CT molecular complexity index is 686. The maximum Gasteiger partial charge on any atom is 0.354 e. The summed E-state index contributed by atoms with van der Waals surface area (Å²) >= 11 is 0. The number of amides is 1. The third-order valence-corrected chi connectivity index (χ3v) is 2.68. The summed E-state index contributed by atoms with van der Waals surface area (Å²) < 4.78 is 13.0. The lowest BCUT2D eigenvalue weighted by Gasteiger charge is -2.08. The molecule has 0 saturated carbocycles. The summed E-state index contributed by atoms with van der Waals surface area (Å²) in [6, 6.07) is 6.56. The zero-order chi connectivity index (χ0) is 14.7. The molecule has 6 heteroatoms. The number of aryl methyl sites for hydroxylation is 1. The summed E-state index contributed by atoms with van der Waals surface area (Å²) in [5.74, 6) is -2.08. The van der Waals surface area contributed by atoms with Crippen molar-refractivity contribution in [3.8, 4) is 0 Å². The molecule has 0 saturated heterocycles.